The van der Waals surface area contributed by atoms with Crippen LogP contribution in [-0.2, 0) is 23.9 Å². The normalized spacial score (nSPS) is 29.8. The lowest BCUT2D eigenvalue weighted by atomic mass is 9.81. The molecule has 3 aliphatic rings. The minimum atomic E-state index is -1.04. The van der Waals surface area contributed by atoms with Gasteiger partial charge in [-0.25, -0.2) is 4.79 Å². The maximum Gasteiger partial charge on any atom is 0.329 e. The Morgan fingerprint density at radius 3 is 2.48 bits per heavy atom. The Morgan fingerprint density at radius 2 is 1.93 bits per heavy atom. The first kappa shape index (κ1) is 17.7. The van der Waals surface area contributed by atoms with Crippen molar-refractivity contribution in [2.24, 2.45) is 23.7 Å². The van der Waals surface area contributed by atoms with Gasteiger partial charge in [0.1, 0.15) is 11.8 Å². The van der Waals surface area contributed by atoms with E-state index in [2.05, 4.69) is 10.5 Å². The van der Waals surface area contributed by atoms with Gasteiger partial charge in [0.2, 0.25) is 11.8 Å². The molecule has 2 bridgehead atoms. The number of ether oxygens (including phenoxy) is 1. The summed E-state index contributed by atoms with van der Waals surface area (Å²) >= 11 is 0. The number of carbonyl (C=O) groups is 4. The molecule has 1 aromatic rings. The third-order valence-corrected chi connectivity index (χ3v) is 5.93. The van der Waals surface area contributed by atoms with Crippen molar-refractivity contribution in [2.45, 2.75) is 39.2 Å². The van der Waals surface area contributed by atoms with Crippen LogP contribution in [0.1, 0.15) is 31.9 Å². The molecule has 1 N–H and O–H groups in total. The summed E-state index contributed by atoms with van der Waals surface area (Å²) < 4.78 is 9.81. The van der Waals surface area contributed by atoms with Gasteiger partial charge in [-0.05, 0) is 44.9 Å². The largest absolute Gasteiger partial charge is 0.454 e. The second-order valence-electron chi connectivity index (χ2n) is 7.59. The van der Waals surface area contributed by atoms with Crippen molar-refractivity contribution in [3.8, 4) is 0 Å². The van der Waals surface area contributed by atoms with E-state index in [4.69, 9.17) is 9.26 Å². The highest BCUT2D eigenvalue weighted by molar-refractivity contribution is 6.08. The van der Waals surface area contributed by atoms with Crippen molar-refractivity contribution in [1.82, 2.24) is 10.1 Å². The van der Waals surface area contributed by atoms with Gasteiger partial charge in [0, 0.05) is 6.07 Å². The molecule has 9 heteroatoms. The summed E-state index contributed by atoms with van der Waals surface area (Å²) in [4.78, 5) is 50.6. The fourth-order valence-electron chi connectivity index (χ4n) is 4.78. The van der Waals surface area contributed by atoms with Crippen LogP contribution in [0.25, 0.3) is 0 Å². The minimum Gasteiger partial charge on any atom is -0.454 e. The number of fused-ring (bicyclic) bond motifs is 5. The van der Waals surface area contributed by atoms with E-state index in [0.29, 0.717) is 5.76 Å². The van der Waals surface area contributed by atoms with E-state index >= 15 is 0 Å². The lowest BCUT2D eigenvalue weighted by molar-refractivity contribution is -0.159. The average Bonchev–Trinajstić information content (AvgIpc) is 3.38. The molecular weight excluding hydrogens is 354 g/mol. The number of hydrogen-bond donors (Lipinski definition) is 1. The molecule has 2 saturated carbocycles. The van der Waals surface area contributed by atoms with Gasteiger partial charge in [-0.3, -0.25) is 19.3 Å². The molecule has 3 fully saturated rings. The second-order valence-corrected chi connectivity index (χ2v) is 7.59. The number of esters is 1. The van der Waals surface area contributed by atoms with Gasteiger partial charge in [0.15, 0.2) is 12.4 Å². The Labute approximate surface area is 155 Å². The van der Waals surface area contributed by atoms with Crippen molar-refractivity contribution in [3.05, 3.63) is 11.8 Å². The first-order valence-corrected chi connectivity index (χ1v) is 9.13. The molecular formula is C18H21N3O6. The van der Waals surface area contributed by atoms with Crippen LogP contribution in [0.2, 0.25) is 0 Å². The number of nitrogens with zero attached hydrogens (tertiary/aromatic N) is 2. The smallest absolute Gasteiger partial charge is 0.329 e. The van der Waals surface area contributed by atoms with Gasteiger partial charge < -0.3 is 14.6 Å². The second kappa shape index (κ2) is 6.47. The highest BCUT2D eigenvalue weighted by Gasteiger charge is 2.62. The van der Waals surface area contributed by atoms with Crippen molar-refractivity contribution in [1.29, 1.82) is 0 Å². The Hall–Kier alpha value is -2.71. The summed E-state index contributed by atoms with van der Waals surface area (Å²) in [5.74, 6) is -1.24. The predicted molar refractivity (Wildman–Crippen MR) is 90.0 cm³/mol. The number of hydrogen-bond acceptors (Lipinski definition) is 7. The number of amides is 3. The molecule has 9 nitrogen and oxygen atoms in total. The molecule has 0 spiro atoms. The van der Waals surface area contributed by atoms with E-state index in [9.17, 15) is 19.2 Å². The molecule has 4 rings (SSSR count). The maximum atomic E-state index is 12.7. The molecule has 1 aromatic heterocycles. The number of rotatable bonds is 5. The van der Waals surface area contributed by atoms with Crippen LogP contribution in [-0.4, -0.2) is 46.4 Å². The quantitative estimate of drug-likeness (QED) is 0.599. The third-order valence-electron chi connectivity index (χ3n) is 5.93. The third kappa shape index (κ3) is 2.90. The van der Waals surface area contributed by atoms with E-state index in [1.54, 1.807) is 6.92 Å². The fraction of sp³-hybridized carbons (Fsp3) is 0.611. The Bertz CT molecular complexity index is 790. The molecule has 2 heterocycles. The molecule has 0 unspecified atom stereocenters. The predicted octanol–water partition coefficient (Wildman–Crippen LogP) is 0.884. The molecule has 2 aliphatic carbocycles. The molecule has 5 atom stereocenters. The first-order valence-electron chi connectivity index (χ1n) is 9.13. The zero-order valence-corrected chi connectivity index (χ0v) is 15.1. The van der Waals surface area contributed by atoms with Crippen LogP contribution >= 0.6 is 0 Å². The first-order chi connectivity index (χ1) is 12.9. The van der Waals surface area contributed by atoms with Gasteiger partial charge in [-0.2, -0.15) is 0 Å². The summed E-state index contributed by atoms with van der Waals surface area (Å²) in [5.41, 5.74) is 0. The van der Waals surface area contributed by atoms with Crippen molar-refractivity contribution < 1.29 is 28.4 Å². The van der Waals surface area contributed by atoms with Crippen molar-refractivity contribution in [3.63, 3.8) is 0 Å². The van der Waals surface area contributed by atoms with E-state index in [1.807, 2.05) is 0 Å². The zero-order chi connectivity index (χ0) is 19.3. The highest BCUT2D eigenvalue weighted by Crippen LogP contribution is 2.56. The average molecular weight is 375 g/mol. The number of likely N-dealkylation sites (tertiary alicyclic amines) is 1. The summed E-state index contributed by atoms with van der Waals surface area (Å²) in [6.45, 7) is 2.60. The molecule has 3 amide bonds. The number of imide groups is 1. The Balaban J connectivity index is 1.34. The molecule has 0 radical (unpaired) electrons. The van der Waals surface area contributed by atoms with E-state index in [-0.39, 0.29) is 41.3 Å². The van der Waals surface area contributed by atoms with Gasteiger partial charge >= 0.3 is 5.97 Å². The molecule has 144 valence electrons. The zero-order valence-electron chi connectivity index (χ0n) is 15.1. The lowest BCUT2D eigenvalue weighted by Crippen LogP contribution is -2.45. The fourth-order valence-corrected chi connectivity index (χ4v) is 4.78. The highest BCUT2D eigenvalue weighted by atomic mass is 16.5. The number of carbonyl (C=O) groups excluding carboxylic acids is 4. The molecule has 27 heavy (non-hydrogen) atoms. The van der Waals surface area contributed by atoms with E-state index < -0.39 is 24.5 Å². The topological polar surface area (TPSA) is 119 Å². The van der Waals surface area contributed by atoms with Crippen LogP contribution in [0, 0.1) is 30.6 Å². The van der Waals surface area contributed by atoms with Crippen molar-refractivity contribution >= 4 is 29.5 Å². The number of aromatic nitrogens is 1. The summed E-state index contributed by atoms with van der Waals surface area (Å²) in [5, 5.41) is 6.04. The molecule has 0 aromatic carbocycles. The summed E-state index contributed by atoms with van der Waals surface area (Å²) in [6.07, 6.45) is 2.87. The van der Waals surface area contributed by atoms with E-state index in [1.165, 1.54) is 13.0 Å². The van der Waals surface area contributed by atoms with Gasteiger partial charge in [0.05, 0.1) is 11.8 Å². The van der Waals surface area contributed by atoms with Gasteiger partial charge in [-0.15, -0.1) is 0 Å². The summed E-state index contributed by atoms with van der Waals surface area (Å²) in [7, 11) is 0. The van der Waals surface area contributed by atoms with Crippen LogP contribution in [0.15, 0.2) is 10.6 Å². The van der Waals surface area contributed by atoms with Crippen LogP contribution in [0.4, 0.5) is 5.82 Å². The van der Waals surface area contributed by atoms with E-state index in [0.717, 1.165) is 24.2 Å². The van der Waals surface area contributed by atoms with Crippen molar-refractivity contribution in [2.75, 3.05) is 11.9 Å². The van der Waals surface area contributed by atoms with Gasteiger partial charge in [-0.1, -0.05) is 5.16 Å². The molecule has 1 saturated heterocycles. The maximum absolute atomic E-state index is 12.7. The van der Waals surface area contributed by atoms with Crippen LogP contribution in [0.3, 0.4) is 0 Å². The SMILES string of the molecule is Cc1cc(NC(=O)COC(=O)[C@@H](C)N2C(=O)[C@H]3[C@@H]4CC[C@@H](C4)[C@@H]3C2=O)no1. The Morgan fingerprint density at radius 1 is 1.30 bits per heavy atom. The lowest BCUT2D eigenvalue weighted by Gasteiger charge is -2.22. The Kier molecular flexibility index (Phi) is 4.24. The standard InChI is InChI=1S/C18H21N3O6/c1-8-5-12(20-27-8)19-13(22)7-26-18(25)9(2)21-16(23)14-10-3-4-11(6-10)15(14)17(21)24/h5,9-11,14-15H,3-4,6-7H2,1-2H3,(H,19,20,22)/t9-,10-,11+,14+,15+/m1/s1. The summed E-state index contributed by atoms with van der Waals surface area (Å²) in [6, 6.07) is 0.480. The number of aryl methyl sites for hydroxylation is 1. The van der Waals surface area contributed by atoms with Crippen LogP contribution in [0.5, 0.6) is 0 Å². The number of anilines is 1. The molecule has 1 aliphatic heterocycles. The monoisotopic (exact) mass is 375 g/mol. The number of nitrogens with one attached hydrogen (secondary N) is 1. The van der Waals surface area contributed by atoms with Crippen LogP contribution < -0.4 is 5.32 Å². The van der Waals surface area contributed by atoms with Gasteiger partial charge in [0.25, 0.3) is 5.91 Å². The minimum absolute atomic E-state index is 0.217.